The van der Waals surface area contributed by atoms with Gasteiger partial charge in [-0.15, -0.1) is 0 Å². The molecule has 5 heteroatoms. The molecule has 0 spiro atoms. The number of carbonyl (C=O) groups excluding carboxylic acids is 1. The Kier molecular flexibility index (Phi) is 3.41. The second-order valence-corrected chi connectivity index (χ2v) is 5.13. The molecule has 98 valence electrons. The van der Waals surface area contributed by atoms with Crippen LogP contribution >= 0.6 is 0 Å². The number of nitrogens with one attached hydrogen (secondary N) is 1. The molecular formula is C13H19N3O2. The first-order chi connectivity index (χ1) is 8.56. The van der Waals surface area contributed by atoms with E-state index in [1.54, 1.807) is 12.3 Å². The molecule has 0 bridgehead atoms. The number of carbonyl (C=O) groups is 1. The summed E-state index contributed by atoms with van der Waals surface area (Å²) in [6, 6.07) is 1.57. The van der Waals surface area contributed by atoms with E-state index in [1.807, 2.05) is 0 Å². The molecule has 1 heterocycles. The summed E-state index contributed by atoms with van der Waals surface area (Å²) in [7, 11) is 1.34. The van der Waals surface area contributed by atoms with Crippen LogP contribution < -0.4 is 11.1 Å². The number of hydrogen-bond acceptors (Lipinski definition) is 5. The van der Waals surface area contributed by atoms with Gasteiger partial charge in [-0.25, -0.2) is 9.78 Å². The van der Waals surface area contributed by atoms with Crippen molar-refractivity contribution in [3.63, 3.8) is 0 Å². The monoisotopic (exact) mass is 249 g/mol. The van der Waals surface area contributed by atoms with E-state index in [-0.39, 0.29) is 0 Å². The Morgan fingerprint density at radius 1 is 1.61 bits per heavy atom. The fraction of sp³-hybridized carbons (Fsp3) is 0.538. The predicted molar refractivity (Wildman–Crippen MR) is 70.4 cm³/mol. The topological polar surface area (TPSA) is 77.2 Å². The summed E-state index contributed by atoms with van der Waals surface area (Å²) in [5.41, 5.74) is 6.96. The molecule has 1 aliphatic rings. The fourth-order valence-electron chi connectivity index (χ4n) is 2.16. The highest BCUT2D eigenvalue weighted by Gasteiger charge is 2.31. The van der Waals surface area contributed by atoms with Crippen molar-refractivity contribution in [1.82, 2.24) is 4.98 Å². The van der Waals surface area contributed by atoms with Gasteiger partial charge in [-0.3, -0.25) is 0 Å². The molecule has 0 unspecified atom stereocenters. The summed E-state index contributed by atoms with van der Waals surface area (Å²) < 4.78 is 4.68. The van der Waals surface area contributed by atoms with Crippen molar-refractivity contribution in [1.29, 1.82) is 0 Å². The Labute approximate surface area is 107 Å². The molecule has 0 atom stereocenters. The quantitative estimate of drug-likeness (QED) is 0.799. The maximum Gasteiger partial charge on any atom is 0.340 e. The van der Waals surface area contributed by atoms with E-state index in [2.05, 4.69) is 22.0 Å². The van der Waals surface area contributed by atoms with E-state index in [9.17, 15) is 4.79 Å². The molecule has 0 amide bonds. The highest BCUT2D eigenvalue weighted by atomic mass is 16.5. The lowest BCUT2D eigenvalue weighted by Gasteiger charge is -2.38. The standard InChI is InChI=1S/C13H19N3O2/c1-13(5-3-6-13)8-16-11-10(14)9(4-7-15-11)12(17)18-2/h4,7H,3,5-6,8,14H2,1-2H3,(H,15,16). The van der Waals surface area contributed by atoms with Crippen LogP contribution in [0, 0.1) is 5.41 Å². The van der Waals surface area contributed by atoms with Crippen molar-refractivity contribution in [3.05, 3.63) is 17.8 Å². The van der Waals surface area contributed by atoms with Gasteiger partial charge in [-0.1, -0.05) is 13.3 Å². The number of anilines is 2. The summed E-state index contributed by atoms with van der Waals surface area (Å²) in [5, 5.41) is 3.23. The number of nitrogen functional groups attached to an aromatic ring is 1. The molecule has 2 rings (SSSR count). The Bertz CT molecular complexity index is 456. The first-order valence-electron chi connectivity index (χ1n) is 6.12. The molecule has 1 fully saturated rings. The Hall–Kier alpha value is -1.78. The number of methoxy groups -OCH3 is 1. The summed E-state index contributed by atoms with van der Waals surface area (Å²) in [4.78, 5) is 15.7. The van der Waals surface area contributed by atoms with Gasteiger partial charge in [0.1, 0.15) is 5.82 Å². The van der Waals surface area contributed by atoms with Crippen LogP contribution in [0.4, 0.5) is 11.5 Å². The summed E-state index contributed by atoms with van der Waals surface area (Å²) >= 11 is 0. The Balaban J connectivity index is 2.10. The maximum atomic E-state index is 11.5. The first kappa shape index (κ1) is 12.7. The van der Waals surface area contributed by atoms with Gasteiger partial charge in [-0.2, -0.15) is 0 Å². The summed E-state index contributed by atoms with van der Waals surface area (Å²) in [6.07, 6.45) is 5.28. The zero-order chi connectivity index (χ0) is 13.2. The van der Waals surface area contributed by atoms with Crippen LogP contribution in [0.2, 0.25) is 0 Å². The third-order valence-electron chi connectivity index (χ3n) is 3.64. The minimum absolute atomic E-state index is 0.329. The molecule has 1 aliphatic carbocycles. The largest absolute Gasteiger partial charge is 0.465 e. The van der Waals surface area contributed by atoms with Crippen LogP contribution in [0.15, 0.2) is 12.3 Å². The van der Waals surface area contributed by atoms with E-state index in [1.165, 1.54) is 26.4 Å². The molecule has 0 aromatic carbocycles. The van der Waals surface area contributed by atoms with Crippen molar-refractivity contribution in [2.45, 2.75) is 26.2 Å². The lowest BCUT2D eigenvalue weighted by atomic mass is 9.70. The lowest BCUT2D eigenvalue weighted by molar-refractivity contribution is 0.0602. The highest BCUT2D eigenvalue weighted by molar-refractivity contribution is 5.97. The van der Waals surface area contributed by atoms with Gasteiger partial charge in [-0.05, 0) is 24.3 Å². The van der Waals surface area contributed by atoms with Crippen molar-refractivity contribution in [3.8, 4) is 0 Å². The fourth-order valence-corrected chi connectivity index (χ4v) is 2.16. The number of nitrogens with zero attached hydrogens (tertiary/aromatic N) is 1. The summed E-state index contributed by atoms with van der Waals surface area (Å²) in [5.74, 6) is 0.124. The van der Waals surface area contributed by atoms with Crippen molar-refractivity contribution >= 4 is 17.5 Å². The maximum absolute atomic E-state index is 11.5. The molecule has 18 heavy (non-hydrogen) atoms. The molecular weight excluding hydrogens is 230 g/mol. The molecule has 0 radical (unpaired) electrons. The number of aromatic nitrogens is 1. The average molecular weight is 249 g/mol. The smallest absolute Gasteiger partial charge is 0.340 e. The van der Waals surface area contributed by atoms with Crippen LogP contribution in [0.25, 0.3) is 0 Å². The number of rotatable bonds is 4. The summed E-state index contributed by atoms with van der Waals surface area (Å²) in [6.45, 7) is 3.07. The number of esters is 1. The number of hydrogen-bond donors (Lipinski definition) is 2. The number of ether oxygens (including phenoxy) is 1. The second-order valence-electron chi connectivity index (χ2n) is 5.13. The zero-order valence-corrected chi connectivity index (χ0v) is 10.8. The Morgan fingerprint density at radius 3 is 2.89 bits per heavy atom. The van der Waals surface area contributed by atoms with Crippen LogP contribution in [0.5, 0.6) is 0 Å². The van der Waals surface area contributed by atoms with Gasteiger partial charge in [0.05, 0.1) is 18.4 Å². The van der Waals surface area contributed by atoms with Crippen molar-refractivity contribution < 1.29 is 9.53 Å². The van der Waals surface area contributed by atoms with Crippen LogP contribution in [-0.2, 0) is 4.74 Å². The SMILES string of the molecule is COC(=O)c1ccnc(NCC2(C)CCC2)c1N. The van der Waals surface area contributed by atoms with Gasteiger partial charge in [0.25, 0.3) is 0 Å². The van der Waals surface area contributed by atoms with E-state index in [0.29, 0.717) is 22.5 Å². The normalized spacial score (nSPS) is 16.8. The van der Waals surface area contributed by atoms with Crippen LogP contribution in [0.1, 0.15) is 36.5 Å². The molecule has 1 saturated carbocycles. The molecule has 1 aromatic heterocycles. The van der Waals surface area contributed by atoms with Crippen molar-refractivity contribution in [2.75, 3.05) is 24.7 Å². The third kappa shape index (κ3) is 2.39. The predicted octanol–water partition coefficient (Wildman–Crippen LogP) is 2.05. The van der Waals surface area contributed by atoms with Crippen LogP contribution in [0.3, 0.4) is 0 Å². The third-order valence-corrected chi connectivity index (χ3v) is 3.64. The average Bonchev–Trinajstić information content (AvgIpc) is 2.34. The van der Waals surface area contributed by atoms with Gasteiger partial charge in [0, 0.05) is 12.7 Å². The second kappa shape index (κ2) is 4.84. The Morgan fingerprint density at radius 2 is 2.33 bits per heavy atom. The van der Waals surface area contributed by atoms with Gasteiger partial charge >= 0.3 is 5.97 Å². The molecule has 0 aliphatic heterocycles. The van der Waals surface area contributed by atoms with E-state index in [4.69, 9.17) is 5.73 Å². The highest BCUT2D eigenvalue weighted by Crippen LogP contribution is 2.40. The van der Waals surface area contributed by atoms with E-state index in [0.717, 1.165) is 6.54 Å². The number of nitrogens with two attached hydrogens (primary N) is 1. The lowest BCUT2D eigenvalue weighted by Crippen LogP contribution is -2.33. The molecule has 0 saturated heterocycles. The van der Waals surface area contributed by atoms with Gasteiger partial charge in [0.15, 0.2) is 0 Å². The zero-order valence-electron chi connectivity index (χ0n) is 10.8. The van der Waals surface area contributed by atoms with Gasteiger partial charge < -0.3 is 15.8 Å². The van der Waals surface area contributed by atoms with Gasteiger partial charge in [0.2, 0.25) is 0 Å². The van der Waals surface area contributed by atoms with E-state index >= 15 is 0 Å². The molecule has 1 aromatic rings. The first-order valence-corrected chi connectivity index (χ1v) is 6.12. The molecule has 3 N–H and O–H groups in total. The minimum atomic E-state index is -0.437. The minimum Gasteiger partial charge on any atom is -0.465 e. The van der Waals surface area contributed by atoms with Crippen molar-refractivity contribution in [2.24, 2.45) is 5.41 Å². The van der Waals surface area contributed by atoms with Crippen LogP contribution in [-0.4, -0.2) is 24.6 Å². The number of pyridine rings is 1. The molecule has 5 nitrogen and oxygen atoms in total. The van der Waals surface area contributed by atoms with E-state index < -0.39 is 5.97 Å².